The lowest BCUT2D eigenvalue weighted by atomic mass is 10.2. The molecular weight excluding hydrogens is 442 g/mol. The summed E-state index contributed by atoms with van der Waals surface area (Å²) in [5.41, 5.74) is 3.86. The number of nitrogens with one attached hydrogen (secondary N) is 1. The van der Waals surface area contributed by atoms with Gasteiger partial charge in [0.15, 0.2) is 18.1 Å². The number of hydrogen-bond donors (Lipinski definition) is 1. The van der Waals surface area contributed by atoms with Crippen molar-refractivity contribution in [2.75, 3.05) is 32.3 Å². The number of methoxy groups -OCH3 is 1. The fourth-order valence-corrected chi connectivity index (χ4v) is 2.87. The number of halogens is 1. The van der Waals surface area contributed by atoms with E-state index < -0.39 is 5.97 Å². The van der Waals surface area contributed by atoms with Gasteiger partial charge in [-0.2, -0.15) is 5.10 Å². The summed E-state index contributed by atoms with van der Waals surface area (Å²) >= 11 is 3.39. The predicted molar refractivity (Wildman–Crippen MR) is 114 cm³/mol. The maximum absolute atomic E-state index is 12.2. The lowest BCUT2D eigenvalue weighted by molar-refractivity contribution is -0.145. The molecule has 0 radical (unpaired) electrons. The molecule has 0 aliphatic heterocycles. The highest BCUT2D eigenvalue weighted by Crippen LogP contribution is 2.36. The normalized spacial score (nSPS) is 10.5. The standard InChI is InChI=1S/C20H22BrN3O5/c1-4-28-18(25)13-29-19-16(21)10-14(11-17(19)27-3)12-22-23-20(26)24(2)15-8-6-5-7-9-15/h5-12H,4,13H2,1-3H3,(H,23,26)/b22-12-. The molecule has 0 aliphatic carbocycles. The highest BCUT2D eigenvalue weighted by Gasteiger charge is 2.14. The van der Waals surface area contributed by atoms with Crippen molar-refractivity contribution in [3.8, 4) is 11.5 Å². The molecule has 2 rings (SSSR count). The Balaban J connectivity index is 2.04. The molecule has 2 aromatic carbocycles. The van der Waals surface area contributed by atoms with Crippen molar-refractivity contribution < 1.29 is 23.8 Å². The largest absolute Gasteiger partial charge is 0.493 e. The quantitative estimate of drug-likeness (QED) is 0.367. The predicted octanol–water partition coefficient (Wildman–Crippen LogP) is 3.58. The monoisotopic (exact) mass is 463 g/mol. The maximum Gasteiger partial charge on any atom is 0.344 e. The Kier molecular flexibility index (Phi) is 8.47. The Bertz CT molecular complexity index is 874. The topological polar surface area (TPSA) is 89.5 Å². The SMILES string of the molecule is CCOC(=O)COc1c(Br)cc(/C=N\NC(=O)N(C)c2ccccc2)cc1OC. The lowest BCUT2D eigenvalue weighted by Gasteiger charge is -2.16. The van der Waals surface area contributed by atoms with Crippen LogP contribution >= 0.6 is 15.9 Å². The average Bonchev–Trinajstić information content (AvgIpc) is 2.72. The van der Waals surface area contributed by atoms with E-state index >= 15 is 0 Å². The number of hydrogen-bond acceptors (Lipinski definition) is 6. The zero-order chi connectivity index (χ0) is 21.2. The molecule has 1 N–H and O–H groups in total. The number of amides is 2. The van der Waals surface area contributed by atoms with Crippen LogP contribution in [0, 0.1) is 0 Å². The summed E-state index contributed by atoms with van der Waals surface area (Å²) in [6, 6.07) is 12.2. The smallest absolute Gasteiger partial charge is 0.344 e. The summed E-state index contributed by atoms with van der Waals surface area (Å²) in [4.78, 5) is 25.1. The van der Waals surface area contributed by atoms with Crippen LogP contribution in [0.3, 0.4) is 0 Å². The summed E-state index contributed by atoms with van der Waals surface area (Å²) in [6.07, 6.45) is 1.47. The van der Waals surface area contributed by atoms with Crippen LogP contribution < -0.4 is 19.8 Å². The van der Waals surface area contributed by atoms with Crippen LogP contribution in [0.5, 0.6) is 11.5 Å². The Morgan fingerprint density at radius 3 is 2.62 bits per heavy atom. The molecular formula is C20H22BrN3O5. The van der Waals surface area contributed by atoms with Gasteiger partial charge < -0.3 is 14.2 Å². The summed E-state index contributed by atoms with van der Waals surface area (Å²) in [5.74, 6) is 0.292. The molecule has 0 saturated heterocycles. The highest BCUT2D eigenvalue weighted by atomic mass is 79.9. The molecule has 0 heterocycles. The summed E-state index contributed by atoms with van der Waals surface area (Å²) in [6.45, 7) is 1.76. The van der Waals surface area contributed by atoms with Gasteiger partial charge in [-0.25, -0.2) is 15.0 Å². The number of rotatable bonds is 8. The van der Waals surface area contributed by atoms with Crippen molar-refractivity contribution in [1.82, 2.24) is 5.43 Å². The van der Waals surface area contributed by atoms with Gasteiger partial charge >= 0.3 is 12.0 Å². The van der Waals surface area contributed by atoms with Gasteiger partial charge in [0.1, 0.15) is 0 Å². The summed E-state index contributed by atoms with van der Waals surface area (Å²) in [7, 11) is 3.13. The molecule has 154 valence electrons. The second-order valence-electron chi connectivity index (χ2n) is 5.70. The highest BCUT2D eigenvalue weighted by molar-refractivity contribution is 9.10. The number of carbonyl (C=O) groups excluding carboxylic acids is 2. The number of esters is 1. The van der Waals surface area contributed by atoms with E-state index in [1.807, 2.05) is 30.3 Å². The van der Waals surface area contributed by atoms with Gasteiger partial charge in [-0.15, -0.1) is 0 Å². The molecule has 29 heavy (non-hydrogen) atoms. The van der Waals surface area contributed by atoms with E-state index in [9.17, 15) is 9.59 Å². The number of urea groups is 1. The molecule has 2 aromatic rings. The number of para-hydroxylation sites is 1. The Hall–Kier alpha value is -3.07. The molecule has 0 bridgehead atoms. The van der Waals surface area contributed by atoms with E-state index in [4.69, 9.17) is 14.2 Å². The Morgan fingerprint density at radius 1 is 1.24 bits per heavy atom. The number of carbonyl (C=O) groups is 2. The number of hydrazone groups is 1. The zero-order valence-corrected chi connectivity index (χ0v) is 17.9. The average molecular weight is 464 g/mol. The van der Waals surface area contributed by atoms with Crippen molar-refractivity contribution in [3.05, 3.63) is 52.5 Å². The first kappa shape index (κ1) is 22.2. The number of nitrogens with zero attached hydrogens (tertiary/aromatic N) is 2. The first-order valence-electron chi connectivity index (χ1n) is 8.74. The van der Waals surface area contributed by atoms with Gasteiger partial charge in [-0.05, 0) is 52.7 Å². The van der Waals surface area contributed by atoms with Gasteiger partial charge in [0, 0.05) is 12.7 Å². The molecule has 8 nitrogen and oxygen atoms in total. The second-order valence-corrected chi connectivity index (χ2v) is 6.55. The van der Waals surface area contributed by atoms with Gasteiger partial charge in [-0.1, -0.05) is 18.2 Å². The Morgan fingerprint density at radius 2 is 1.97 bits per heavy atom. The van der Waals surface area contributed by atoms with Crippen molar-refractivity contribution in [2.45, 2.75) is 6.92 Å². The Labute approximate surface area is 177 Å². The molecule has 0 fully saturated rings. The van der Waals surface area contributed by atoms with Gasteiger partial charge in [0.05, 0.1) is 24.4 Å². The molecule has 0 spiro atoms. The van der Waals surface area contributed by atoms with E-state index in [1.54, 1.807) is 26.1 Å². The van der Waals surface area contributed by atoms with Crippen LogP contribution in [0.1, 0.15) is 12.5 Å². The van der Waals surface area contributed by atoms with Crippen LogP contribution in [0.15, 0.2) is 52.0 Å². The third kappa shape index (κ3) is 6.49. The van der Waals surface area contributed by atoms with E-state index in [0.29, 0.717) is 21.5 Å². The lowest BCUT2D eigenvalue weighted by Crippen LogP contribution is -2.34. The van der Waals surface area contributed by atoms with Gasteiger partial charge in [0.25, 0.3) is 0 Å². The zero-order valence-electron chi connectivity index (χ0n) is 16.3. The van der Waals surface area contributed by atoms with Crippen molar-refractivity contribution in [3.63, 3.8) is 0 Å². The van der Waals surface area contributed by atoms with Crippen LogP contribution in [-0.4, -0.2) is 45.6 Å². The number of benzene rings is 2. The minimum atomic E-state index is -0.475. The van der Waals surface area contributed by atoms with Crippen LogP contribution in [0.4, 0.5) is 10.5 Å². The molecule has 0 aromatic heterocycles. The van der Waals surface area contributed by atoms with Crippen molar-refractivity contribution >= 4 is 39.8 Å². The maximum atomic E-state index is 12.2. The minimum Gasteiger partial charge on any atom is -0.493 e. The number of anilines is 1. The second kappa shape index (κ2) is 11.1. The summed E-state index contributed by atoms with van der Waals surface area (Å²) in [5, 5.41) is 3.98. The molecule has 0 atom stereocenters. The molecule has 9 heteroatoms. The molecule has 0 aliphatic rings. The van der Waals surface area contributed by atoms with Crippen molar-refractivity contribution in [1.29, 1.82) is 0 Å². The fraction of sp³-hybridized carbons (Fsp3) is 0.250. The first-order valence-corrected chi connectivity index (χ1v) is 9.53. The fourth-order valence-electron chi connectivity index (χ4n) is 2.29. The van der Waals surface area contributed by atoms with Crippen LogP contribution in [0.25, 0.3) is 0 Å². The van der Waals surface area contributed by atoms with E-state index in [0.717, 1.165) is 5.69 Å². The van der Waals surface area contributed by atoms with Gasteiger partial charge in [0.2, 0.25) is 0 Å². The molecule has 2 amide bonds. The van der Waals surface area contributed by atoms with Crippen LogP contribution in [0.2, 0.25) is 0 Å². The van der Waals surface area contributed by atoms with Gasteiger partial charge in [-0.3, -0.25) is 4.90 Å². The van der Waals surface area contributed by atoms with Crippen LogP contribution in [-0.2, 0) is 9.53 Å². The van der Waals surface area contributed by atoms with E-state index in [2.05, 4.69) is 26.5 Å². The molecule has 0 saturated carbocycles. The summed E-state index contributed by atoms with van der Waals surface area (Å²) < 4.78 is 16.2. The van der Waals surface area contributed by atoms with E-state index in [-0.39, 0.29) is 19.2 Å². The third-order valence-electron chi connectivity index (χ3n) is 3.71. The third-order valence-corrected chi connectivity index (χ3v) is 4.30. The number of ether oxygens (including phenoxy) is 3. The van der Waals surface area contributed by atoms with E-state index in [1.165, 1.54) is 18.2 Å². The minimum absolute atomic E-state index is 0.238. The first-order chi connectivity index (χ1) is 14.0. The molecule has 0 unspecified atom stereocenters. The van der Waals surface area contributed by atoms with Crippen molar-refractivity contribution in [2.24, 2.45) is 5.10 Å².